The van der Waals surface area contributed by atoms with E-state index in [4.69, 9.17) is 4.74 Å². The Morgan fingerprint density at radius 3 is 2.87 bits per heavy atom. The molecule has 5 rings (SSSR count). The maximum Gasteiger partial charge on any atom is 0.275 e. The van der Waals surface area contributed by atoms with Gasteiger partial charge in [0.25, 0.3) is 5.91 Å². The number of rotatable bonds is 5. The fourth-order valence-electron chi connectivity index (χ4n) is 4.77. The van der Waals surface area contributed by atoms with Crippen LogP contribution in [-0.2, 0) is 14.9 Å². The van der Waals surface area contributed by atoms with E-state index in [9.17, 15) is 9.59 Å². The molecular formula is C23H24N4O3. The lowest BCUT2D eigenvalue weighted by Crippen LogP contribution is -2.44. The van der Waals surface area contributed by atoms with E-state index in [-0.39, 0.29) is 11.8 Å². The van der Waals surface area contributed by atoms with Crippen molar-refractivity contribution in [2.75, 3.05) is 37.7 Å². The molecule has 3 heterocycles. The van der Waals surface area contributed by atoms with Crippen LogP contribution in [0, 0.1) is 0 Å². The maximum absolute atomic E-state index is 13.6. The third kappa shape index (κ3) is 2.73. The van der Waals surface area contributed by atoms with Gasteiger partial charge in [0.2, 0.25) is 5.91 Å². The van der Waals surface area contributed by atoms with E-state index in [0.717, 1.165) is 22.2 Å². The minimum atomic E-state index is -0.690. The molecular weight excluding hydrogens is 380 g/mol. The summed E-state index contributed by atoms with van der Waals surface area (Å²) in [4.78, 5) is 30.4. The number of nitrogens with one attached hydrogen (secondary N) is 1. The highest BCUT2D eigenvalue weighted by Crippen LogP contribution is 2.47. The number of nitrogens with zero attached hydrogens (tertiary/aromatic N) is 3. The molecule has 0 bridgehead atoms. The number of benzene rings is 2. The molecule has 1 spiro atoms. The Bertz CT molecular complexity index is 1120. The van der Waals surface area contributed by atoms with Crippen molar-refractivity contribution in [3.8, 4) is 0 Å². The zero-order valence-electron chi connectivity index (χ0n) is 16.9. The lowest BCUT2D eigenvalue weighted by atomic mass is 9.81. The monoisotopic (exact) mass is 404 g/mol. The first kappa shape index (κ1) is 18.8. The molecule has 1 aromatic heterocycles. The normalized spacial score (nSPS) is 20.5. The second-order valence-corrected chi connectivity index (χ2v) is 7.85. The van der Waals surface area contributed by atoms with Crippen LogP contribution >= 0.6 is 0 Å². The van der Waals surface area contributed by atoms with Crippen molar-refractivity contribution in [2.24, 2.45) is 0 Å². The van der Waals surface area contributed by atoms with Crippen LogP contribution in [0.15, 0.2) is 48.5 Å². The Labute approximate surface area is 174 Å². The van der Waals surface area contributed by atoms with E-state index in [1.54, 1.807) is 4.90 Å². The van der Waals surface area contributed by atoms with E-state index in [2.05, 4.69) is 10.2 Å². The summed E-state index contributed by atoms with van der Waals surface area (Å²) in [5, 5.41) is 7.99. The van der Waals surface area contributed by atoms with Crippen LogP contribution in [0.2, 0.25) is 0 Å². The van der Waals surface area contributed by atoms with E-state index in [1.165, 1.54) is 0 Å². The summed E-state index contributed by atoms with van der Waals surface area (Å²) in [6.07, 6.45) is 0.613. The van der Waals surface area contributed by atoms with Gasteiger partial charge in [0.15, 0.2) is 5.69 Å². The van der Waals surface area contributed by atoms with Crippen LogP contribution in [0.4, 0.5) is 5.69 Å². The fourth-order valence-corrected chi connectivity index (χ4v) is 4.77. The highest BCUT2D eigenvalue weighted by molar-refractivity contribution is 6.10. The number of aromatic nitrogens is 2. The molecule has 7 nitrogen and oxygen atoms in total. The SMILES string of the molecule is CCOCCN1C(=O)C2(CCN(C(=O)c3n[nH]c4ccccc34)C2)c2ccccc21. The van der Waals surface area contributed by atoms with Gasteiger partial charge < -0.3 is 14.5 Å². The molecule has 1 atom stereocenters. The van der Waals surface area contributed by atoms with Crippen molar-refractivity contribution in [2.45, 2.75) is 18.8 Å². The molecule has 2 aliphatic heterocycles. The molecule has 1 fully saturated rings. The van der Waals surface area contributed by atoms with E-state index in [0.29, 0.717) is 45.0 Å². The minimum absolute atomic E-state index is 0.0607. The number of anilines is 1. The smallest absolute Gasteiger partial charge is 0.275 e. The van der Waals surface area contributed by atoms with Crippen molar-refractivity contribution in [3.63, 3.8) is 0 Å². The Morgan fingerprint density at radius 2 is 2.00 bits per heavy atom. The highest BCUT2D eigenvalue weighted by atomic mass is 16.5. The van der Waals surface area contributed by atoms with Gasteiger partial charge in [-0.15, -0.1) is 0 Å². The van der Waals surface area contributed by atoms with E-state index < -0.39 is 5.41 Å². The molecule has 30 heavy (non-hydrogen) atoms. The summed E-state index contributed by atoms with van der Waals surface area (Å²) in [6, 6.07) is 15.5. The van der Waals surface area contributed by atoms with Crippen LogP contribution in [0.1, 0.15) is 29.4 Å². The number of hydrogen-bond donors (Lipinski definition) is 1. The molecule has 1 saturated heterocycles. The molecule has 3 aromatic rings. The molecule has 154 valence electrons. The number of carbonyl (C=O) groups excluding carboxylic acids is 2. The van der Waals surface area contributed by atoms with Gasteiger partial charge in [-0.1, -0.05) is 36.4 Å². The standard InChI is InChI=1S/C23H24N4O3/c1-2-30-14-13-27-19-10-6-4-8-17(19)23(22(27)29)11-12-26(15-23)21(28)20-16-7-3-5-9-18(16)24-25-20/h3-10H,2,11-15H2,1H3,(H,24,25). The number of para-hydroxylation sites is 2. The second kappa shape index (κ2) is 7.25. The lowest BCUT2D eigenvalue weighted by molar-refractivity contribution is -0.122. The van der Waals surface area contributed by atoms with Crippen LogP contribution in [0.3, 0.4) is 0 Å². The first-order valence-corrected chi connectivity index (χ1v) is 10.4. The molecule has 2 aliphatic rings. The molecule has 7 heteroatoms. The van der Waals surface area contributed by atoms with E-state index >= 15 is 0 Å². The second-order valence-electron chi connectivity index (χ2n) is 7.85. The fraction of sp³-hybridized carbons (Fsp3) is 0.348. The largest absolute Gasteiger partial charge is 0.380 e. The predicted molar refractivity (Wildman–Crippen MR) is 114 cm³/mol. The Hall–Kier alpha value is -3.19. The van der Waals surface area contributed by atoms with Gasteiger partial charge in [0.05, 0.1) is 17.5 Å². The molecule has 2 aromatic carbocycles. The third-order valence-electron chi connectivity index (χ3n) is 6.26. The molecule has 0 saturated carbocycles. The van der Waals surface area contributed by atoms with Crippen LogP contribution in [0.5, 0.6) is 0 Å². The van der Waals surface area contributed by atoms with Gasteiger partial charge in [-0.2, -0.15) is 5.10 Å². The first-order valence-electron chi connectivity index (χ1n) is 10.4. The summed E-state index contributed by atoms with van der Waals surface area (Å²) in [7, 11) is 0. The average molecular weight is 404 g/mol. The van der Waals surface area contributed by atoms with Crippen molar-refractivity contribution < 1.29 is 14.3 Å². The van der Waals surface area contributed by atoms with Crippen LogP contribution in [0.25, 0.3) is 10.9 Å². The topological polar surface area (TPSA) is 78.5 Å². The summed E-state index contributed by atoms with van der Waals surface area (Å²) in [6.45, 7) is 4.47. The van der Waals surface area contributed by atoms with Gasteiger partial charge in [-0.05, 0) is 31.0 Å². The average Bonchev–Trinajstić information content (AvgIpc) is 3.46. The van der Waals surface area contributed by atoms with Crippen LogP contribution < -0.4 is 4.90 Å². The molecule has 0 radical (unpaired) electrons. The van der Waals surface area contributed by atoms with Crippen molar-refractivity contribution >= 4 is 28.4 Å². The number of H-pyrrole nitrogens is 1. The zero-order valence-corrected chi connectivity index (χ0v) is 16.9. The number of hydrogen-bond acceptors (Lipinski definition) is 4. The molecule has 1 N–H and O–H groups in total. The summed E-state index contributed by atoms with van der Waals surface area (Å²) in [5.74, 6) is -0.0760. The Balaban J connectivity index is 1.45. The maximum atomic E-state index is 13.6. The number of likely N-dealkylation sites (tertiary alicyclic amines) is 1. The summed E-state index contributed by atoms with van der Waals surface area (Å²) < 4.78 is 5.49. The Kier molecular flexibility index (Phi) is 4.55. The van der Waals surface area contributed by atoms with Gasteiger partial charge in [0, 0.05) is 37.3 Å². The quantitative estimate of drug-likeness (QED) is 0.664. The van der Waals surface area contributed by atoms with Crippen molar-refractivity contribution in [1.29, 1.82) is 0 Å². The number of carbonyl (C=O) groups is 2. The van der Waals surface area contributed by atoms with Crippen molar-refractivity contribution in [3.05, 3.63) is 59.8 Å². The minimum Gasteiger partial charge on any atom is -0.380 e. The Morgan fingerprint density at radius 1 is 1.20 bits per heavy atom. The van der Waals surface area contributed by atoms with Gasteiger partial charge >= 0.3 is 0 Å². The molecule has 0 aliphatic carbocycles. The van der Waals surface area contributed by atoms with Gasteiger partial charge in [-0.3, -0.25) is 14.7 Å². The number of amides is 2. The van der Waals surface area contributed by atoms with Gasteiger partial charge in [-0.25, -0.2) is 0 Å². The zero-order chi connectivity index (χ0) is 20.7. The lowest BCUT2D eigenvalue weighted by Gasteiger charge is -2.24. The number of ether oxygens (including phenoxy) is 1. The first-order chi connectivity index (χ1) is 14.7. The number of fused-ring (bicyclic) bond motifs is 3. The highest BCUT2D eigenvalue weighted by Gasteiger charge is 2.55. The summed E-state index contributed by atoms with van der Waals surface area (Å²) in [5.41, 5.74) is 2.49. The van der Waals surface area contributed by atoms with E-state index in [1.807, 2.05) is 60.4 Å². The predicted octanol–water partition coefficient (Wildman–Crippen LogP) is 2.73. The van der Waals surface area contributed by atoms with Crippen LogP contribution in [-0.4, -0.2) is 59.8 Å². The molecule has 1 unspecified atom stereocenters. The summed E-state index contributed by atoms with van der Waals surface area (Å²) >= 11 is 0. The van der Waals surface area contributed by atoms with Gasteiger partial charge in [0.1, 0.15) is 0 Å². The van der Waals surface area contributed by atoms with Crippen molar-refractivity contribution in [1.82, 2.24) is 15.1 Å². The number of aromatic amines is 1. The third-order valence-corrected chi connectivity index (χ3v) is 6.26. The molecule has 2 amide bonds.